The van der Waals surface area contributed by atoms with Gasteiger partial charge in [-0.3, -0.25) is 5.32 Å². The zero-order valence-corrected chi connectivity index (χ0v) is 10.3. The maximum atomic E-state index is 12.8. The third-order valence-electron chi connectivity index (χ3n) is 3.43. The summed E-state index contributed by atoms with van der Waals surface area (Å²) in [5, 5.41) is 12.3. The zero-order valence-electron chi connectivity index (χ0n) is 10.3. The Labute approximate surface area is 104 Å². The highest BCUT2D eigenvalue weighted by Crippen LogP contribution is 2.50. The van der Waals surface area contributed by atoms with Crippen LogP contribution in [0.15, 0.2) is 18.2 Å². The lowest BCUT2D eigenvalue weighted by atomic mass is 10.0. The van der Waals surface area contributed by atoms with Crippen molar-refractivity contribution in [3.05, 3.63) is 29.3 Å². The highest BCUT2D eigenvalue weighted by molar-refractivity contribution is 5.38. The molecule has 0 bridgehead atoms. The lowest BCUT2D eigenvalue weighted by Gasteiger charge is -2.26. The molecule has 0 aromatic heterocycles. The Bertz CT molecular complexity index is 452. The molecule has 2 rings (SSSR count). The van der Waals surface area contributed by atoms with Gasteiger partial charge in [0, 0.05) is 11.6 Å². The van der Waals surface area contributed by atoms with E-state index < -0.39 is 17.8 Å². The average Bonchev–Trinajstić information content (AvgIpc) is 3.01. The fraction of sp³-hybridized carbons (Fsp3) is 0.538. The van der Waals surface area contributed by atoms with Crippen molar-refractivity contribution in [1.29, 1.82) is 0 Å². The number of hydrogen-bond acceptors (Lipinski definition) is 2. The van der Waals surface area contributed by atoms with Crippen molar-refractivity contribution in [3.63, 3.8) is 0 Å². The van der Waals surface area contributed by atoms with Gasteiger partial charge in [0.15, 0.2) is 0 Å². The van der Waals surface area contributed by atoms with Crippen LogP contribution in [0, 0.1) is 6.92 Å². The zero-order chi connectivity index (χ0) is 13.6. The van der Waals surface area contributed by atoms with Gasteiger partial charge < -0.3 is 5.11 Å². The summed E-state index contributed by atoms with van der Waals surface area (Å²) in [6, 6.07) is 4.41. The fourth-order valence-electron chi connectivity index (χ4n) is 2.15. The molecule has 1 aliphatic carbocycles. The SMILES string of the molecule is Cc1ccc(O)c(C(C)NC2(C(F)(F)F)CC2)c1. The number of rotatable bonds is 3. The molecule has 0 heterocycles. The predicted octanol–water partition coefficient (Wildman–Crippen LogP) is 3.45. The maximum Gasteiger partial charge on any atom is 0.406 e. The van der Waals surface area contributed by atoms with Crippen molar-refractivity contribution in [1.82, 2.24) is 5.32 Å². The van der Waals surface area contributed by atoms with E-state index in [2.05, 4.69) is 5.32 Å². The molecule has 5 heteroatoms. The van der Waals surface area contributed by atoms with Crippen LogP contribution in [0.3, 0.4) is 0 Å². The van der Waals surface area contributed by atoms with E-state index in [-0.39, 0.29) is 18.6 Å². The molecule has 0 spiro atoms. The summed E-state index contributed by atoms with van der Waals surface area (Å²) in [5.74, 6) is 0.0265. The van der Waals surface area contributed by atoms with Gasteiger partial charge in [-0.2, -0.15) is 13.2 Å². The van der Waals surface area contributed by atoms with Gasteiger partial charge in [-0.25, -0.2) is 0 Å². The number of alkyl halides is 3. The van der Waals surface area contributed by atoms with Crippen molar-refractivity contribution < 1.29 is 18.3 Å². The first-order chi connectivity index (χ1) is 8.25. The Kier molecular flexibility index (Phi) is 3.05. The summed E-state index contributed by atoms with van der Waals surface area (Å²) < 4.78 is 38.5. The number of halogens is 3. The molecule has 2 N–H and O–H groups in total. The van der Waals surface area contributed by atoms with Crippen LogP contribution in [0.1, 0.15) is 36.9 Å². The van der Waals surface area contributed by atoms with E-state index in [0.29, 0.717) is 5.56 Å². The number of hydrogen-bond donors (Lipinski definition) is 2. The van der Waals surface area contributed by atoms with Crippen molar-refractivity contribution in [2.45, 2.75) is 44.4 Å². The first-order valence-corrected chi connectivity index (χ1v) is 5.89. The molecule has 1 aliphatic rings. The van der Waals surface area contributed by atoms with Crippen LogP contribution in [-0.4, -0.2) is 16.8 Å². The normalized spacial score (nSPS) is 19.6. The summed E-state index contributed by atoms with van der Waals surface area (Å²) in [7, 11) is 0. The lowest BCUT2D eigenvalue weighted by Crippen LogP contribution is -2.45. The Balaban J connectivity index is 2.18. The molecule has 0 aliphatic heterocycles. The molecule has 100 valence electrons. The second kappa shape index (κ2) is 4.16. The second-order valence-electron chi connectivity index (χ2n) is 5.01. The number of aryl methyl sites for hydroxylation is 1. The van der Waals surface area contributed by atoms with E-state index in [4.69, 9.17) is 0 Å². The highest BCUT2D eigenvalue weighted by Gasteiger charge is 2.63. The Morgan fingerprint density at radius 3 is 2.44 bits per heavy atom. The molecule has 1 saturated carbocycles. The van der Waals surface area contributed by atoms with Gasteiger partial charge in [0.2, 0.25) is 0 Å². The van der Waals surface area contributed by atoms with Crippen molar-refractivity contribution >= 4 is 0 Å². The molecule has 1 atom stereocenters. The standard InChI is InChI=1S/C13H16F3NO/c1-8-3-4-11(18)10(7-8)9(2)17-12(5-6-12)13(14,15)16/h3-4,7,9,17-18H,5-6H2,1-2H3. The lowest BCUT2D eigenvalue weighted by molar-refractivity contribution is -0.167. The molecular formula is C13H16F3NO. The minimum absolute atomic E-state index is 0.0265. The summed E-state index contributed by atoms with van der Waals surface area (Å²) in [6.45, 7) is 3.48. The monoisotopic (exact) mass is 259 g/mol. The van der Waals surface area contributed by atoms with E-state index in [9.17, 15) is 18.3 Å². The molecule has 1 aromatic rings. The van der Waals surface area contributed by atoms with Crippen LogP contribution in [0.2, 0.25) is 0 Å². The second-order valence-corrected chi connectivity index (χ2v) is 5.01. The van der Waals surface area contributed by atoms with Gasteiger partial charge in [-0.1, -0.05) is 17.7 Å². The molecule has 0 radical (unpaired) electrons. The van der Waals surface area contributed by atoms with Crippen LogP contribution < -0.4 is 5.32 Å². The number of nitrogens with one attached hydrogen (secondary N) is 1. The number of aromatic hydroxyl groups is 1. The van der Waals surface area contributed by atoms with Crippen LogP contribution >= 0.6 is 0 Å². The predicted molar refractivity (Wildman–Crippen MR) is 62.4 cm³/mol. The Morgan fingerprint density at radius 2 is 1.94 bits per heavy atom. The molecule has 2 nitrogen and oxygen atoms in total. The summed E-state index contributed by atoms with van der Waals surface area (Å²) in [6.07, 6.45) is -4.03. The van der Waals surface area contributed by atoms with Gasteiger partial charge in [-0.05, 0) is 32.8 Å². The summed E-state index contributed by atoms with van der Waals surface area (Å²) >= 11 is 0. The van der Waals surface area contributed by atoms with Crippen LogP contribution in [0.4, 0.5) is 13.2 Å². The molecular weight excluding hydrogens is 243 g/mol. The summed E-state index contributed by atoms with van der Waals surface area (Å²) in [5.41, 5.74) is -0.346. The fourth-order valence-corrected chi connectivity index (χ4v) is 2.15. The molecule has 1 fully saturated rings. The van der Waals surface area contributed by atoms with Crippen molar-refractivity contribution in [2.24, 2.45) is 0 Å². The van der Waals surface area contributed by atoms with Gasteiger partial charge in [0.05, 0.1) is 0 Å². The van der Waals surface area contributed by atoms with E-state index >= 15 is 0 Å². The smallest absolute Gasteiger partial charge is 0.406 e. The molecule has 1 aromatic carbocycles. The van der Waals surface area contributed by atoms with E-state index in [0.717, 1.165) is 5.56 Å². The van der Waals surface area contributed by atoms with Crippen LogP contribution in [-0.2, 0) is 0 Å². The first kappa shape index (κ1) is 13.2. The topological polar surface area (TPSA) is 32.3 Å². The molecule has 0 saturated heterocycles. The van der Waals surface area contributed by atoms with E-state index in [1.165, 1.54) is 6.07 Å². The number of phenols is 1. The third kappa shape index (κ3) is 2.32. The van der Waals surface area contributed by atoms with Gasteiger partial charge in [0.25, 0.3) is 0 Å². The Hall–Kier alpha value is -1.23. The molecule has 0 amide bonds. The molecule has 18 heavy (non-hydrogen) atoms. The minimum atomic E-state index is -4.24. The number of benzene rings is 1. The average molecular weight is 259 g/mol. The molecule has 1 unspecified atom stereocenters. The van der Waals surface area contributed by atoms with Crippen LogP contribution in [0.5, 0.6) is 5.75 Å². The summed E-state index contributed by atoms with van der Waals surface area (Å²) in [4.78, 5) is 0. The highest BCUT2D eigenvalue weighted by atomic mass is 19.4. The van der Waals surface area contributed by atoms with Gasteiger partial charge >= 0.3 is 6.18 Å². The largest absolute Gasteiger partial charge is 0.508 e. The third-order valence-corrected chi connectivity index (χ3v) is 3.43. The maximum absolute atomic E-state index is 12.8. The van der Waals surface area contributed by atoms with Crippen molar-refractivity contribution in [3.8, 4) is 5.75 Å². The van der Waals surface area contributed by atoms with Gasteiger partial charge in [0.1, 0.15) is 11.3 Å². The van der Waals surface area contributed by atoms with E-state index in [1.807, 2.05) is 6.92 Å². The van der Waals surface area contributed by atoms with E-state index in [1.54, 1.807) is 19.1 Å². The number of phenolic OH excluding ortho intramolecular Hbond substituents is 1. The van der Waals surface area contributed by atoms with Gasteiger partial charge in [-0.15, -0.1) is 0 Å². The first-order valence-electron chi connectivity index (χ1n) is 5.89. The minimum Gasteiger partial charge on any atom is -0.508 e. The van der Waals surface area contributed by atoms with Crippen LogP contribution in [0.25, 0.3) is 0 Å². The van der Waals surface area contributed by atoms with Crippen molar-refractivity contribution in [2.75, 3.05) is 0 Å². The Morgan fingerprint density at radius 1 is 1.33 bits per heavy atom. The quantitative estimate of drug-likeness (QED) is 0.871.